The molecule has 2 aliphatic rings. The van der Waals surface area contributed by atoms with E-state index in [4.69, 9.17) is 16.3 Å². The lowest BCUT2D eigenvalue weighted by atomic mass is 9.92. The summed E-state index contributed by atoms with van der Waals surface area (Å²) in [5.74, 6) is -1.45. The summed E-state index contributed by atoms with van der Waals surface area (Å²) < 4.78 is 63.6. The second-order valence-electron chi connectivity index (χ2n) is 9.22. The Bertz CT molecular complexity index is 1260. The Labute approximate surface area is 205 Å². The minimum absolute atomic E-state index is 0.00907. The van der Waals surface area contributed by atoms with Gasteiger partial charge >= 0.3 is 12.1 Å². The highest BCUT2D eigenvalue weighted by Crippen LogP contribution is 2.42. The van der Waals surface area contributed by atoms with Crippen molar-refractivity contribution in [2.24, 2.45) is 0 Å². The van der Waals surface area contributed by atoms with Crippen LogP contribution >= 0.6 is 11.6 Å². The number of nitrogens with zero attached hydrogens (tertiary/aromatic N) is 2. The van der Waals surface area contributed by atoms with Crippen molar-refractivity contribution in [2.45, 2.75) is 50.9 Å². The van der Waals surface area contributed by atoms with E-state index < -0.39 is 29.6 Å². The third-order valence-corrected chi connectivity index (χ3v) is 7.21. The third-order valence-electron chi connectivity index (χ3n) is 6.99. The van der Waals surface area contributed by atoms with E-state index in [1.165, 1.54) is 18.2 Å². The lowest BCUT2D eigenvalue weighted by Gasteiger charge is -2.25. The number of likely N-dealkylation sites (tertiary alicyclic amines) is 1. The van der Waals surface area contributed by atoms with Crippen molar-refractivity contribution in [3.05, 3.63) is 69.6 Å². The monoisotopic (exact) mass is 508 g/mol. The van der Waals surface area contributed by atoms with Crippen LogP contribution in [0.25, 0.3) is 10.9 Å². The fourth-order valence-corrected chi connectivity index (χ4v) is 5.59. The van der Waals surface area contributed by atoms with Crippen molar-refractivity contribution in [2.75, 3.05) is 19.6 Å². The zero-order chi connectivity index (χ0) is 24.7. The van der Waals surface area contributed by atoms with Crippen LogP contribution in [-0.2, 0) is 30.3 Å². The van der Waals surface area contributed by atoms with Crippen LogP contribution < -0.4 is 0 Å². The highest BCUT2D eigenvalue weighted by Gasteiger charge is 2.37. The Morgan fingerprint density at radius 2 is 1.86 bits per heavy atom. The fraction of sp³-hybridized carbons (Fsp3) is 0.423. The van der Waals surface area contributed by atoms with Gasteiger partial charge in [-0.15, -0.1) is 0 Å². The summed E-state index contributed by atoms with van der Waals surface area (Å²) in [4.78, 5) is 14.8. The van der Waals surface area contributed by atoms with E-state index in [1.807, 2.05) is 0 Å². The van der Waals surface area contributed by atoms with Crippen molar-refractivity contribution in [1.29, 1.82) is 0 Å². The molecule has 1 unspecified atom stereocenters. The number of aromatic nitrogens is 1. The van der Waals surface area contributed by atoms with Gasteiger partial charge in [0.15, 0.2) is 0 Å². The Kier molecular flexibility index (Phi) is 6.53. The summed E-state index contributed by atoms with van der Waals surface area (Å²) in [7, 11) is 0. The molecule has 1 aliphatic heterocycles. The summed E-state index contributed by atoms with van der Waals surface area (Å²) in [5.41, 5.74) is 0.758. The molecule has 35 heavy (non-hydrogen) atoms. The first-order chi connectivity index (χ1) is 16.7. The molecule has 0 spiro atoms. The number of ether oxygens (including phenoxy) is 1. The van der Waals surface area contributed by atoms with Gasteiger partial charge in [-0.05, 0) is 68.6 Å². The number of alkyl halides is 3. The number of hydrogen-bond acceptors (Lipinski definition) is 3. The molecule has 3 aromatic rings. The molecular weight excluding hydrogens is 484 g/mol. The van der Waals surface area contributed by atoms with Gasteiger partial charge in [0, 0.05) is 35.6 Å². The Morgan fingerprint density at radius 3 is 2.57 bits per heavy atom. The molecule has 4 nitrogen and oxygen atoms in total. The van der Waals surface area contributed by atoms with Crippen LogP contribution in [0.4, 0.5) is 17.6 Å². The molecule has 5 rings (SSSR count). The second kappa shape index (κ2) is 9.47. The van der Waals surface area contributed by atoms with Gasteiger partial charge in [-0.25, -0.2) is 9.18 Å². The Hall–Kier alpha value is -2.58. The number of carbonyl (C=O) groups excluding carboxylic acids is 1. The normalized spacial score (nSPS) is 18.7. The van der Waals surface area contributed by atoms with Gasteiger partial charge < -0.3 is 14.2 Å². The van der Waals surface area contributed by atoms with Crippen LogP contribution in [0.5, 0.6) is 0 Å². The summed E-state index contributed by atoms with van der Waals surface area (Å²) in [6, 6.07) is 8.12. The predicted octanol–water partition coefficient (Wildman–Crippen LogP) is 6.26. The van der Waals surface area contributed by atoms with E-state index in [2.05, 4.69) is 4.90 Å². The molecule has 1 atom stereocenters. The molecule has 2 heterocycles. The van der Waals surface area contributed by atoms with Crippen molar-refractivity contribution in [3.8, 4) is 0 Å². The third kappa shape index (κ3) is 4.78. The maximum Gasteiger partial charge on any atom is 0.418 e. The highest BCUT2D eigenvalue weighted by molar-refractivity contribution is 6.31. The van der Waals surface area contributed by atoms with Gasteiger partial charge in [-0.2, -0.15) is 13.2 Å². The van der Waals surface area contributed by atoms with Crippen LogP contribution in [0, 0.1) is 5.82 Å². The molecule has 0 radical (unpaired) electrons. The maximum atomic E-state index is 14.1. The standard InChI is InChI=1S/C26H25ClF4N2O2/c27-16-13-20-19-15-17(35-25(34)18-5-1-2-6-22(18)28)7-8-23(19)33(12-11-32-9-3-4-10-32)24(20)21(14-16)26(29,30)31/h1-2,5-6,13-14,17H,3-4,7-12,15H2. The average molecular weight is 509 g/mol. The van der Waals surface area contributed by atoms with Crippen molar-refractivity contribution in [3.63, 3.8) is 0 Å². The van der Waals surface area contributed by atoms with Crippen molar-refractivity contribution in [1.82, 2.24) is 9.47 Å². The van der Waals surface area contributed by atoms with E-state index in [0.717, 1.165) is 37.7 Å². The molecule has 186 valence electrons. The lowest BCUT2D eigenvalue weighted by Crippen LogP contribution is -2.28. The van der Waals surface area contributed by atoms with Crippen LogP contribution in [0.1, 0.15) is 46.4 Å². The number of esters is 1. The van der Waals surface area contributed by atoms with Crippen LogP contribution in [0.2, 0.25) is 5.02 Å². The molecule has 0 bridgehead atoms. The Balaban J connectivity index is 1.51. The molecule has 0 saturated carbocycles. The van der Waals surface area contributed by atoms with E-state index in [9.17, 15) is 22.4 Å². The molecule has 0 N–H and O–H groups in total. The Morgan fingerprint density at radius 1 is 1.11 bits per heavy atom. The number of benzene rings is 2. The summed E-state index contributed by atoms with van der Waals surface area (Å²) in [6.45, 7) is 3.01. The van der Waals surface area contributed by atoms with E-state index in [0.29, 0.717) is 36.9 Å². The molecule has 1 aliphatic carbocycles. The maximum absolute atomic E-state index is 14.1. The fourth-order valence-electron chi connectivity index (χ4n) is 5.37. The number of fused-ring (bicyclic) bond motifs is 3. The molecule has 1 fully saturated rings. The summed E-state index contributed by atoms with van der Waals surface area (Å²) in [6.07, 6.45) is -1.78. The van der Waals surface area contributed by atoms with Gasteiger partial charge in [0.25, 0.3) is 0 Å². The number of hydrogen-bond donors (Lipinski definition) is 0. The number of carbonyl (C=O) groups is 1. The van der Waals surface area contributed by atoms with E-state index in [1.54, 1.807) is 16.7 Å². The van der Waals surface area contributed by atoms with Gasteiger partial charge in [-0.3, -0.25) is 0 Å². The second-order valence-corrected chi connectivity index (χ2v) is 9.66. The average Bonchev–Trinajstić information content (AvgIpc) is 3.43. The molecule has 9 heteroatoms. The molecule has 2 aromatic carbocycles. The molecule has 1 aromatic heterocycles. The highest BCUT2D eigenvalue weighted by atomic mass is 35.5. The van der Waals surface area contributed by atoms with Crippen molar-refractivity contribution < 1.29 is 27.1 Å². The predicted molar refractivity (Wildman–Crippen MR) is 125 cm³/mol. The van der Waals surface area contributed by atoms with Crippen LogP contribution in [-0.4, -0.2) is 41.2 Å². The van der Waals surface area contributed by atoms with Gasteiger partial charge in [0.05, 0.1) is 16.6 Å². The quantitative estimate of drug-likeness (QED) is 0.301. The first kappa shape index (κ1) is 24.1. The molecule has 1 saturated heterocycles. The topological polar surface area (TPSA) is 34.5 Å². The molecule has 0 amide bonds. The minimum atomic E-state index is -4.56. The van der Waals surface area contributed by atoms with E-state index in [-0.39, 0.29) is 22.5 Å². The number of halogens is 5. The number of rotatable bonds is 5. The summed E-state index contributed by atoms with van der Waals surface area (Å²) >= 11 is 6.14. The van der Waals surface area contributed by atoms with Gasteiger partial charge in [-0.1, -0.05) is 23.7 Å². The minimum Gasteiger partial charge on any atom is -0.458 e. The first-order valence-corrected chi connectivity index (χ1v) is 12.2. The van der Waals surface area contributed by atoms with Gasteiger partial charge in [0.1, 0.15) is 11.9 Å². The van der Waals surface area contributed by atoms with Crippen LogP contribution in [0.15, 0.2) is 36.4 Å². The largest absolute Gasteiger partial charge is 0.458 e. The van der Waals surface area contributed by atoms with Gasteiger partial charge in [0.2, 0.25) is 0 Å². The van der Waals surface area contributed by atoms with E-state index >= 15 is 0 Å². The molecular formula is C26H25ClF4N2O2. The zero-order valence-corrected chi connectivity index (χ0v) is 19.8. The van der Waals surface area contributed by atoms with Crippen molar-refractivity contribution >= 4 is 28.5 Å². The SMILES string of the molecule is O=C(OC1CCc2c(c3cc(Cl)cc(C(F)(F)F)c3n2CCN2CCCC2)C1)c1ccccc1F. The summed E-state index contributed by atoms with van der Waals surface area (Å²) in [5, 5.41) is 0.447. The lowest BCUT2D eigenvalue weighted by molar-refractivity contribution is -0.136. The smallest absolute Gasteiger partial charge is 0.418 e. The zero-order valence-electron chi connectivity index (χ0n) is 19.0. The first-order valence-electron chi connectivity index (χ1n) is 11.8. The van der Waals surface area contributed by atoms with Crippen LogP contribution in [0.3, 0.4) is 0 Å².